The summed E-state index contributed by atoms with van der Waals surface area (Å²) < 4.78 is 5.25. The maximum Gasteiger partial charge on any atom is 0.303 e. The average Bonchev–Trinajstić information content (AvgIpc) is 2.22. The van der Waals surface area contributed by atoms with Crippen molar-refractivity contribution in [3.8, 4) is 0 Å². The van der Waals surface area contributed by atoms with E-state index in [1.807, 2.05) is 13.8 Å². The molecule has 0 aromatic rings. The average molecular weight is 231 g/mol. The fourth-order valence-corrected chi connectivity index (χ4v) is 1.33. The zero-order valence-electron chi connectivity index (χ0n) is 10.2. The smallest absolute Gasteiger partial charge is 0.303 e. The lowest BCUT2D eigenvalue weighted by atomic mass is 10.1. The van der Waals surface area contributed by atoms with Crippen LogP contribution in [0.5, 0.6) is 0 Å². The first kappa shape index (κ1) is 14.9. The summed E-state index contributed by atoms with van der Waals surface area (Å²) in [5, 5.41) is 11.2. The van der Waals surface area contributed by atoms with E-state index in [9.17, 15) is 9.59 Å². The Kier molecular flexibility index (Phi) is 7.54. The highest BCUT2D eigenvalue weighted by atomic mass is 16.5. The monoisotopic (exact) mass is 231 g/mol. The Hall–Kier alpha value is -1.10. The third-order valence-corrected chi connectivity index (χ3v) is 2.21. The lowest BCUT2D eigenvalue weighted by Crippen LogP contribution is -2.41. The summed E-state index contributed by atoms with van der Waals surface area (Å²) in [5.41, 5.74) is 0. The Balaban J connectivity index is 3.96. The van der Waals surface area contributed by atoms with Crippen LogP contribution in [0.15, 0.2) is 0 Å². The summed E-state index contributed by atoms with van der Waals surface area (Å²) in [6, 6.07) is -0.141. The van der Waals surface area contributed by atoms with Crippen molar-refractivity contribution in [2.75, 3.05) is 6.61 Å². The normalized spacial score (nSPS) is 14.2. The van der Waals surface area contributed by atoms with Crippen molar-refractivity contribution in [3.63, 3.8) is 0 Å². The SMILES string of the molecule is CCOC(CC)C(=O)NC(C)CCC(=O)O. The van der Waals surface area contributed by atoms with E-state index in [1.54, 1.807) is 6.92 Å². The number of hydrogen-bond donors (Lipinski definition) is 2. The van der Waals surface area contributed by atoms with Gasteiger partial charge in [-0.1, -0.05) is 6.92 Å². The van der Waals surface area contributed by atoms with Crippen LogP contribution in [0, 0.1) is 0 Å². The number of carbonyl (C=O) groups excluding carboxylic acids is 1. The van der Waals surface area contributed by atoms with Gasteiger partial charge in [0, 0.05) is 19.1 Å². The van der Waals surface area contributed by atoms with Gasteiger partial charge in [-0.25, -0.2) is 0 Å². The maximum atomic E-state index is 11.6. The molecule has 2 atom stereocenters. The molecule has 0 aromatic heterocycles. The lowest BCUT2D eigenvalue weighted by Gasteiger charge is -2.18. The van der Waals surface area contributed by atoms with Gasteiger partial charge in [0.05, 0.1) is 0 Å². The zero-order chi connectivity index (χ0) is 12.6. The summed E-state index contributed by atoms with van der Waals surface area (Å²) in [5.74, 6) is -1.01. The number of carbonyl (C=O) groups is 2. The molecule has 0 radical (unpaired) electrons. The summed E-state index contributed by atoms with van der Waals surface area (Å²) in [7, 11) is 0. The van der Waals surface area contributed by atoms with E-state index in [4.69, 9.17) is 9.84 Å². The molecule has 0 heterocycles. The van der Waals surface area contributed by atoms with Crippen LogP contribution >= 0.6 is 0 Å². The molecule has 0 rings (SSSR count). The number of hydrogen-bond acceptors (Lipinski definition) is 3. The Morgan fingerprint density at radius 2 is 2.00 bits per heavy atom. The first-order chi connectivity index (χ1) is 7.51. The predicted molar refractivity (Wildman–Crippen MR) is 60.2 cm³/mol. The molecule has 0 saturated carbocycles. The number of aliphatic carboxylic acids is 1. The van der Waals surface area contributed by atoms with Crippen LogP contribution in [0.3, 0.4) is 0 Å². The second kappa shape index (κ2) is 8.10. The van der Waals surface area contributed by atoms with Crippen molar-refractivity contribution in [2.45, 2.75) is 52.2 Å². The second-order valence-electron chi connectivity index (χ2n) is 3.69. The molecule has 0 aliphatic heterocycles. The van der Waals surface area contributed by atoms with Gasteiger partial charge in [0.25, 0.3) is 0 Å². The van der Waals surface area contributed by atoms with E-state index in [0.29, 0.717) is 19.4 Å². The van der Waals surface area contributed by atoms with Crippen LogP contribution in [0.25, 0.3) is 0 Å². The Labute approximate surface area is 96.2 Å². The summed E-state index contributed by atoms with van der Waals surface area (Å²) in [6.45, 7) is 6.00. The third-order valence-electron chi connectivity index (χ3n) is 2.21. The first-order valence-corrected chi connectivity index (χ1v) is 5.65. The molecule has 5 nitrogen and oxygen atoms in total. The Morgan fingerprint density at radius 3 is 2.44 bits per heavy atom. The minimum Gasteiger partial charge on any atom is -0.481 e. The molecule has 0 aromatic carbocycles. The van der Waals surface area contributed by atoms with Gasteiger partial charge < -0.3 is 15.2 Å². The molecule has 0 saturated heterocycles. The van der Waals surface area contributed by atoms with Crippen LogP contribution in [0.1, 0.15) is 40.0 Å². The number of carboxylic acid groups (broad SMARTS) is 1. The molecule has 94 valence electrons. The van der Waals surface area contributed by atoms with Gasteiger partial charge in [-0.15, -0.1) is 0 Å². The van der Waals surface area contributed by atoms with Gasteiger partial charge in [-0.3, -0.25) is 9.59 Å². The molecule has 0 fully saturated rings. The van der Waals surface area contributed by atoms with E-state index in [0.717, 1.165) is 0 Å². The quantitative estimate of drug-likeness (QED) is 0.657. The lowest BCUT2D eigenvalue weighted by molar-refractivity contribution is -0.138. The van der Waals surface area contributed by atoms with Crippen LogP contribution in [-0.2, 0) is 14.3 Å². The fraction of sp³-hybridized carbons (Fsp3) is 0.818. The predicted octanol–water partition coefficient (Wildman–Crippen LogP) is 1.17. The van der Waals surface area contributed by atoms with E-state index in [2.05, 4.69) is 5.32 Å². The highest BCUT2D eigenvalue weighted by molar-refractivity contribution is 5.81. The number of nitrogens with one attached hydrogen (secondary N) is 1. The molecule has 5 heteroatoms. The number of carboxylic acids is 1. The van der Waals surface area contributed by atoms with Crippen LogP contribution < -0.4 is 5.32 Å². The minimum absolute atomic E-state index is 0.0624. The van der Waals surface area contributed by atoms with E-state index in [-0.39, 0.29) is 18.4 Å². The van der Waals surface area contributed by atoms with Crippen LogP contribution in [0.2, 0.25) is 0 Å². The number of ether oxygens (including phenoxy) is 1. The van der Waals surface area contributed by atoms with Crippen molar-refractivity contribution in [3.05, 3.63) is 0 Å². The molecule has 0 spiro atoms. The van der Waals surface area contributed by atoms with Gasteiger partial charge >= 0.3 is 5.97 Å². The maximum absolute atomic E-state index is 11.6. The van der Waals surface area contributed by atoms with Gasteiger partial charge in [-0.2, -0.15) is 0 Å². The minimum atomic E-state index is -0.849. The second-order valence-corrected chi connectivity index (χ2v) is 3.69. The fourth-order valence-electron chi connectivity index (χ4n) is 1.33. The van der Waals surface area contributed by atoms with Crippen molar-refractivity contribution in [1.82, 2.24) is 5.32 Å². The third kappa shape index (κ3) is 6.40. The first-order valence-electron chi connectivity index (χ1n) is 5.65. The molecule has 0 aliphatic carbocycles. The summed E-state index contributed by atoms with van der Waals surface area (Å²) in [4.78, 5) is 22.0. The largest absolute Gasteiger partial charge is 0.481 e. The topological polar surface area (TPSA) is 75.6 Å². The van der Waals surface area contributed by atoms with E-state index in [1.165, 1.54) is 0 Å². The molecular formula is C11H21NO4. The van der Waals surface area contributed by atoms with Gasteiger partial charge in [0.1, 0.15) is 6.10 Å². The van der Waals surface area contributed by atoms with E-state index >= 15 is 0 Å². The van der Waals surface area contributed by atoms with Crippen molar-refractivity contribution >= 4 is 11.9 Å². The standard InChI is InChI=1S/C11H21NO4/c1-4-9(16-5-2)11(15)12-8(3)6-7-10(13)14/h8-9H,4-7H2,1-3H3,(H,12,15)(H,13,14). The summed E-state index contributed by atoms with van der Waals surface area (Å²) >= 11 is 0. The van der Waals surface area contributed by atoms with Gasteiger partial charge in [-0.05, 0) is 26.7 Å². The van der Waals surface area contributed by atoms with Gasteiger partial charge in [0.15, 0.2) is 0 Å². The van der Waals surface area contributed by atoms with Crippen LogP contribution in [-0.4, -0.2) is 35.7 Å². The molecule has 0 aliphatic rings. The molecule has 0 bridgehead atoms. The highest BCUT2D eigenvalue weighted by Crippen LogP contribution is 2.01. The van der Waals surface area contributed by atoms with Crippen molar-refractivity contribution in [1.29, 1.82) is 0 Å². The van der Waals surface area contributed by atoms with Gasteiger partial charge in [0.2, 0.25) is 5.91 Å². The zero-order valence-corrected chi connectivity index (χ0v) is 10.2. The van der Waals surface area contributed by atoms with E-state index < -0.39 is 12.1 Å². The van der Waals surface area contributed by atoms with Crippen LogP contribution in [0.4, 0.5) is 0 Å². The van der Waals surface area contributed by atoms with Crippen molar-refractivity contribution < 1.29 is 19.4 Å². The molecule has 2 N–H and O–H groups in total. The Morgan fingerprint density at radius 1 is 1.38 bits per heavy atom. The molecule has 1 amide bonds. The summed E-state index contributed by atoms with van der Waals surface area (Å²) in [6.07, 6.45) is 0.680. The molecular weight excluding hydrogens is 210 g/mol. The number of rotatable bonds is 8. The number of amides is 1. The highest BCUT2D eigenvalue weighted by Gasteiger charge is 2.18. The molecule has 16 heavy (non-hydrogen) atoms. The van der Waals surface area contributed by atoms with Crippen molar-refractivity contribution in [2.24, 2.45) is 0 Å². The molecule has 2 unspecified atom stereocenters. The Bertz CT molecular complexity index is 230.